The van der Waals surface area contributed by atoms with Crippen molar-refractivity contribution in [1.82, 2.24) is 15.3 Å². The van der Waals surface area contributed by atoms with Crippen LogP contribution in [0.5, 0.6) is 0 Å². The molecule has 0 unspecified atom stereocenters. The predicted molar refractivity (Wildman–Crippen MR) is 72.3 cm³/mol. The SMILES string of the molecule is Nc1nc2c(c(NCC3CCCC3)n1)CCNC2. The van der Waals surface area contributed by atoms with E-state index in [0.29, 0.717) is 5.95 Å². The number of fused-ring (bicyclic) bond motifs is 1. The maximum Gasteiger partial charge on any atom is 0.222 e. The molecule has 0 bridgehead atoms. The number of nitrogens with one attached hydrogen (secondary N) is 2. The van der Waals surface area contributed by atoms with Gasteiger partial charge in [-0.1, -0.05) is 12.8 Å². The van der Waals surface area contributed by atoms with Crippen molar-refractivity contribution in [3.8, 4) is 0 Å². The first kappa shape index (κ1) is 11.7. The molecule has 2 heterocycles. The highest BCUT2D eigenvalue weighted by molar-refractivity contribution is 5.50. The Hall–Kier alpha value is -1.36. The average molecular weight is 247 g/mol. The van der Waals surface area contributed by atoms with Gasteiger partial charge in [0.1, 0.15) is 5.82 Å². The minimum absolute atomic E-state index is 0.381. The molecule has 1 aliphatic heterocycles. The Balaban J connectivity index is 1.75. The third-order valence-corrected chi connectivity index (χ3v) is 3.99. The molecule has 0 amide bonds. The first-order chi connectivity index (χ1) is 8.83. The largest absolute Gasteiger partial charge is 0.369 e. The molecular formula is C13H21N5. The van der Waals surface area contributed by atoms with Gasteiger partial charge in [0.15, 0.2) is 0 Å². The number of hydrogen-bond acceptors (Lipinski definition) is 5. The molecular weight excluding hydrogens is 226 g/mol. The second-order valence-corrected chi connectivity index (χ2v) is 5.31. The summed E-state index contributed by atoms with van der Waals surface area (Å²) in [6, 6.07) is 0. The van der Waals surface area contributed by atoms with E-state index in [9.17, 15) is 0 Å². The molecule has 1 aromatic heterocycles. The molecule has 3 rings (SSSR count). The van der Waals surface area contributed by atoms with E-state index in [-0.39, 0.29) is 0 Å². The van der Waals surface area contributed by atoms with E-state index >= 15 is 0 Å². The fraction of sp³-hybridized carbons (Fsp3) is 0.692. The van der Waals surface area contributed by atoms with E-state index in [1.807, 2.05) is 0 Å². The highest BCUT2D eigenvalue weighted by Crippen LogP contribution is 2.26. The summed E-state index contributed by atoms with van der Waals surface area (Å²) in [5.41, 5.74) is 8.09. The Bertz CT molecular complexity index is 426. The zero-order chi connectivity index (χ0) is 12.4. The molecule has 0 radical (unpaired) electrons. The molecule has 0 spiro atoms. The van der Waals surface area contributed by atoms with Gasteiger partial charge in [-0.25, -0.2) is 4.98 Å². The standard InChI is InChI=1S/C13H21N5/c14-13-17-11-8-15-6-5-10(11)12(18-13)16-7-9-3-1-2-4-9/h9,15H,1-8H2,(H3,14,16,17,18). The third-order valence-electron chi connectivity index (χ3n) is 3.99. The molecule has 0 atom stereocenters. The Morgan fingerprint density at radius 2 is 2.11 bits per heavy atom. The fourth-order valence-electron chi connectivity index (χ4n) is 2.98. The summed E-state index contributed by atoms with van der Waals surface area (Å²) in [6.45, 7) is 2.83. The van der Waals surface area contributed by atoms with E-state index in [4.69, 9.17) is 5.73 Å². The maximum atomic E-state index is 5.78. The molecule has 4 N–H and O–H groups in total. The van der Waals surface area contributed by atoms with Gasteiger partial charge in [0, 0.05) is 18.7 Å². The minimum atomic E-state index is 0.381. The Morgan fingerprint density at radius 1 is 1.28 bits per heavy atom. The molecule has 98 valence electrons. The van der Waals surface area contributed by atoms with Gasteiger partial charge in [0.05, 0.1) is 5.69 Å². The zero-order valence-corrected chi connectivity index (χ0v) is 10.7. The second-order valence-electron chi connectivity index (χ2n) is 5.31. The number of rotatable bonds is 3. The molecule has 5 nitrogen and oxygen atoms in total. The number of hydrogen-bond donors (Lipinski definition) is 3. The van der Waals surface area contributed by atoms with E-state index in [0.717, 1.165) is 43.5 Å². The van der Waals surface area contributed by atoms with Crippen molar-refractivity contribution in [2.24, 2.45) is 5.92 Å². The smallest absolute Gasteiger partial charge is 0.222 e. The van der Waals surface area contributed by atoms with Crippen LogP contribution in [0.3, 0.4) is 0 Å². The molecule has 0 aromatic carbocycles. The lowest BCUT2D eigenvalue weighted by atomic mass is 10.1. The van der Waals surface area contributed by atoms with Gasteiger partial charge in [-0.15, -0.1) is 0 Å². The average Bonchev–Trinajstić information content (AvgIpc) is 2.89. The van der Waals surface area contributed by atoms with Crippen LogP contribution in [-0.2, 0) is 13.0 Å². The quantitative estimate of drug-likeness (QED) is 0.750. The van der Waals surface area contributed by atoms with Crippen LogP contribution in [0.2, 0.25) is 0 Å². The normalized spacial score (nSPS) is 19.8. The molecule has 1 fully saturated rings. The van der Waals surface area contributed by atoms with Gasteiger partial charge in [-0.3, -0.25) is 0 Å². The van der Waals surface area contributed by atoms with Gasteiger partial charge in [0.2, 0.25) is 5.95 Å². The number of nitrogen functional groups attached to an aromatic ring is 1. The Labute approximate surface area is 108 Å². The molecule has 18 heavy (non-hydrogen) atoms. The highest BCUT2D eigenvalue weighted by Gasteiger charge is 2.19. The highest BCUT2D eigenvalue weighted by atomic mass is 15.1. The van der Waals surface area contributed by atoms with Crippen LogP contribution in [0.1, 0.15) is 36.9 Å². The number of nitrogens with zero attached hydrogens (tertiary/aromatic N) is 2. The van der Waals surface area contributed by atoms with Crippen LogP contribution >= 0.6 is 0 Å². The lowest BCUT2D eigenvalue weighted by Gasteiger charge is -2.20. The topological polar surface area (TPSA) is 75.9 Å². The molecule has 0 saturated heterocycles. The first-order valence-electron chi connectivity index (χ1n) is 6.93. The van der Waals surface area contributed by atoms with E-state index in [1.165, 1.54) is 31.2 Å². The number of aromatic nitrogens is 2. The van der Waals surface area contributed by atoms with Crippen LogP contribution < -0.4 is 16.4 Å². The van der Waals surface area contributed by atoms with Gasteiger partial charge in [0.25, 0.3) is 0 Å². The van der Waals surface area contributed by atoms with Crippen LogP contribution in [0.4, 0.5) is 11.8 Å². The molecule has 1 saturated carbocycles. The molecule has 2 aliphatic rings. The van der Waals surface area contributed by atoms with Crippen LogP contribution in [0.25, 0.3) is 0 Å². The van der Waals surface area contributed by atoms with Crippen LogP contribution in [0.15, 0.2) is 0 Å². The maximum absolute atomic E-state index is 5.78. The lowest BCUT2D eigenvalue weighted by molar-refractivity contribution is 0.576. The van der Waals surface area contributed by atoms with Crippen LogP contribution in [-0.4, -0.2) is 23.1 Å². The van der Waals surface area contributed by atoms with Gasteiger partial charge >= 0.3 is 0 Å². The van der Waals surface area contributed by atoms with Crippen molar-refractivity contribution in [3.63, 3.8) is 0 Å². The second kappa shape index (κ2) is 5.10. The van der Waals surface area contributed by atoms with E-state index in [1.54, 1.807) is 0 Å². The first-order valence-corrected chi connectivity index (χ1v) is 6.93. The van der Waals surface area contributed by atoms with E-state index in [2.05, 4.69) is 20.6 Å². The molecule has 1 aliphatic carbocycles. The van der Waals surface area contributed by atoms with Gasteiger partial charge in [-0.05, 0) is 31.7 Å². The lowest BCUT2D eigenvalue weighted by Crippen LogP contribution is -2.27. The number of anilines is 2. The molecule has 5 heteroatoms. The summed E-state index contributed by atoms with van der Waals surface area (Å²) in [6.07, 6.45) is 6.43. The summed E-state index contributed by atoms with van der Waals surface area (Å²) >= 11 is 0. The van der Waals surface area contributed by atoms with Crippen molar-refractivity contribution in [2.75, 3.05) is 24.1 Å². The third kappa shape index (κ3) is 2.41. The Morgan fingerprint density at radius 3 is 2.94 bits per heavy atom. The van der Waals surface area contributed by atoms with Gasteiger partial charge in [-0.2, -0.15) is 4.98 Å². The minimum Gasteiger partial charge on any atom is -0.369 e. The number of nitrogens with two attached hydrogens (primary N) is 1. The Kier molecular flexibility index (Phi) is 3.32. The summed E-state index contributed by atoms with van der Waals surface area (Å²) in [5.74, 6) is 2.15. The summed E-state index contributed by atoms with van der Waals surface area (Å²) in [4.78, 5) is 8.69. The van der Waals surface area contributed by atoms with Crippen molar-refractivity contribution in [3.05, 3.63) is 11.3 Å². The summed E-state index contributed by atoms with van der Waals surface area (Å²) in [5, 5.41) is 6.82. The van der Waals surface area contributed by atoms with Crippen molar-refractivity contribution in [1.29, 1.82) is 0 Å². The zero-order valence-electron chi connectivity index (χ0n) is 10.7. The predicted octanol–water partition coefficient (Wildman–Crippen LogP) is 1.31. The van der Waals surface area contributed by atoms with Crippen LogP contribution in [0, 0.1) is 5.92 Å². The van der Waals surface area contributed by atoms with E-state index < -0.39 is 0 Å². The van der Waals surface area contributed by atoms with Crippen molar-refractivity contribution < 1.29 is 0 Å². The van der Waals surface area contributed by atoms with Gasteiger partial charge < -0.3 is 16.4 Å². The van der Waals surface area contributed by atoms with Crippen molar-refractivity contribution >= 4 is 11.8 Å². The fourth-order valence-corrected chi connectivity index (χ4v) is 2.98. The molecule has 1 aromatic rings. The van der Waals surface area contributed by atoms with Crippen molar-refractivity contribution in [2.45, 2.75) is 38.6 Å². The summed E-state index contributed by atoms with van der Waals surface area (Å²) < 4.78 is 0. The summed E-state index contributed by atoms with van der Waals surface area (Å²) in [7, 11) is 0. The monoisotopic (exact) mass is 247 g/mol.